The largest absolute Gasteiger partial charge is 0.457 e. The van der Waals surface area contributed by atoms with Crippen molar-refractivity contribution in [3.8, 4) is 11.5 Å². The molecule has 0 atom stereocenters. The van der Waals surface area contributed by atoms with Gasteiger partial charge in [-0.15, -0.1) is 0 Å². The summed E-state index contributed by atoms with van der Waals surface area (Å²) < 4.78 is 10.8. The Morgan fingerprint density at radius 1 is 1.00 bits per heavy atom. The zero-order valence-corrected chi connectivity index (χ0v) is 14.2. The Hall–Kier alpha value is -2.53. The van der Waals surface area contributed by atoms with E-state index in [9.17, 15) is 4.79 Å². The van der Waals surface area contributed by atoms with Crippen molar-refractivity contribution < 1.29 is 14.3 Å². The van der Waals surface area contributed by atoms with Crippen LogP contribution in [0.4, 0.5) is 10.5 Å². The van der Waals surface area contributed by atoms with Gasteiger partial charge in [-0.2, -0.15) is 0 Å². The van der Waals surface area contributed by atoms with Crippen molar-refractivity contribution in [1.29, 1.82) is 0 Å². The van der Waals surface area contributed by atoms with E-state index >= 15 is 0 Å². The maximum Gasteiger partial charge on any atom is 0.321 e. The Bertz CT molecular complexity index is 614. The molecule has 2 aromatic carbocycles. The van der Waals surface area contributed by atoms with Gasteiger partial charge < -0.3 is 19.7 Å². The van der Waals surface area contributed by atoms with Crippen molar-refractivity contribution in [3.63, 3.8) is 0 Å². The fourth-order valence-corrected chi connectivity index (χ4v) is 2.22. The van der Waals surface area contributed by atoms with Crippen LogP contribution in [0.15, 0.2) is 54.6 Å². The van der Waals surface area contributed by atoms with Gasteiger partial charge in [-0.3, -0.25) is 0 Å². The number of hydrogen-bond donors (Lipinski definition) is 1. The van der Waals surface area contributed by atoms with Crippen molar-refractivity contribution in [3.05, 3.63) is 54.6 Å². The van der Waals surface area contributed by atoms with Crippen LogP contribution < -0.4 is 10.1 Å². The summed E-state index contributed by atoms with van der Waals surface area (Å²) in [5.74, 6) is 1.51. The maximum atomic E-state index is 12.3. The fraction of sp³-hybridized carbons (Fsp3) is 0.316. The van der Waals surface area contributed by atoms with Crippen molar-refractivity contribution >= 4 is 11.7 Å². The van der Waals surface area contributed by atoms with Crippen LogP contribution in [0, 0.1) is 0 Å². The van der Waals surface area contributed by atoms with E-state index in [4.69, 9.17) is 9.47 Å². The summed E-state index contributed by atoms with van der Waals surface area (Å²) in [6, 6.07) is 16.8. The third kappa shape index (κ3) is 5.59. The third-order valence-electron chi connectivity index (χ3n) is 3.43. The third-order valence-corrected chi connectivity index (χ3v) is 3.43. The lowest BCUT2D eigenvalue weighted by atomic mass is 10.3. The Balaban J connectivity index is 1.93. The van der Waals surface area contributed by atoms with Gasteiger partial charge in [0.1, 0.15) is 11.5 Å². The lowest BCUT2D eigenvalue weighted by Crippen LogP contribution is -2.37. The van der Waals surface area contributed by atoms with E-state index in [2.05, 4.69) is 5.32 Å². The van der Waals surface area contributed by atoms with E-state index in [0.29, 0.717) is 19.7 Å². The summed E-state index contributed by atoms with van der Waals surface area (Å²) in [6.07, 6.45) is 0.904. The summed E-state index contributed by atoms with van der Waals surface area (Å²) in [4.78, 5) is 14.1. The highest BCUT2D eigenvalue weighted by atomic mass is 16.5. The van der Waals surface area contributed by atoms with Gasteiger partial charge in [0.15, 0.2) is 0 Å². The average Bonchev–Trinajstić information content (AvgIpc) is 2.61. The Morgan fingerprint density at radius 2 is 1.67 bits per heavy atom. The number of methoxy groups -OCH3 is 1. The molecule has 128 valence electrons. The van der Waals surface area contributed by atoms with Crippen LogP contribution in [0.5, 0.6) is 11.5 Å². The van der Waals surface area contributed by atoms with E-state index in [1.807, 2.05) is 61.5 Å². The molecule has 0 spiro atoms. The zero-order valence-electron chi connectivity index (χ0n) is 14.2. The highest BCUT2D eigenvalue weighted by molar-refractivity contribution is 5.89. The first-order chi connectivity index (χ1) is 11.7. The van der Waals surface area contributed by atoms with E-state index in [0.717, 1.165) is 23.6 Å². The Labute approximate surface area is 143 Å². The number of ether oxygens (including phenoxy) is 2. The van der Waals surface area contributed by atoms with Gasteiger partial charge in [0.25, 0.3) is 0 Å². The molecule has 0 heterocycles. The molecular formula is C19H24N2O3. The topological polar surface area (TPSA) is 50.8 Å². The number of benzene rings is 2. The first-order valence-electron chi connectivity index (χ1n) is 8.10. The van der Waals surface area contributed by atoms with E-state index in [1.165, 1.54) is 0 Å². The minimum absolute atomic E-state index is 0.120. The number of hydrogen-bond acceptors (Lipinski definition) is 3. The van der Waals surface area contributed by atoms with Crippen LogP contribution in [0.2, 0.25) is 0 Å². The van der Waals surface area contributed by atoms with Crippen LogP contribution in [0.25, 0.3) is 0 Å². The highest BCUT2D eigenvalue weighted by Gasteiger charge is 2.12. The molecule has 0 saturated heterocycles. The highest BCUT2D eigenvalue weighted by Crippen LogP contribution is 2.22. The molecule has 0 unspecified atom stereocenters. The maximum absolute atomic E-state index is 12.3. The number of amides is 2. The van der Waals surface area contributed by atoms with Gasteiger partial charge in [-0.1, -0.05) is 25.1 Å². The SMILES string of the molecule is CCCN(CCOC)C(=O)Nc1ccc(Oc2ccccc2)cc1. The van der Waals surface area contributed by atoms with Gasteiger partial charge in [0, 0.05) is 25.9 Å². The Kier molecular flexibility index (Phi) is 7.11. The van der Waals surface area contributed by atoms with Gasteiger partial charge in [-0.25, -0.2) is 4.79 Å². The average molecular weight is 328 g/mol. The number of anilines is 1. The minimum atomic E-state index is -0.120. The summed E-state index contributed by atoms with van der Waals surface area (Å²) in [7, 11) is 1.63. The molecule has 2 aromatic rings. The molecule has 0 saturated carbocycles. The monoisotopic (exact) mass is 328 g/mol. The van der Waals surface area contributed by atoms with E-state index in [1.54, 1.807) is 12.0 Å². The summed E-state index contributed by atoms with van der Waals surface area (Å²) in [6.45, 7) is 3.84. The molecule has 0 aliphatic rings. The first-order valence-corrected chi connectivity index (χ1v) is 8.10. The molecule has 0 aromatic heterocycles. The molecule has 2 amide bonds. The Morgan fingerprint density at radius 3 is 2.29 bits per heavy atom. The predicted octanol–water partition coefficient (Wildman–Crippen LogP) is 4.37. The summed E-state index contributed by atoms with van der Waals surface area (Å²) in [5, 5.41) is 2.90. The van der Waals surface area contributed by atoms with Crippen molar-refractivity contribution in [2.75, 3.05) is 32.1 Å². The van der Waals surface area contributed by atoms with Crippen molar-refractivity contribution in [1.82, 2.24) is 4.90 Å². The van der Waals surface area contributed by atoms with Crippen LogP contribution in [-0.2, 0) is 4.74 Å². The smallest absolute Gasteiger partial charge is 0.321 e. The molecule has 0 aliphatic carbocycles. The lowest BCUT2D eigenvalue weighted by Gasteiger charge is -2.22. The second-order valence-corrected chi connectivity index (χ2v) is 5.35. The number of urea groups is 1. The quantitative estimate of drug-likeness (QED) is 0.783. The number of para-hydroxylation sites is 1. The standard InChI is InChI=1S/C19H24N2O3/c1-3-13-21(14-15-23-2)19(22)20-16-9-11-18(12-10-16)24-17-7-5-4-6-8-17/h4-12H,3,13-15H2,1-2H3,(H,20,22). The van der Waals surface area contributed by atoms with Crippen molar-refractivity contribution in [2.24, 2.45) is 0 Å². The normalized spacial score (nSPS) is 10.2. The van der Waals surface area contributed by atoms with Crippen molar-refractivity contribution in [2.45, 2.75) is 13.3 Å². The molecule has 0 radical (unpaired) electrons. The molecule has 5 nitrogen and oxygen atoms in total. The first kappa shape index (κ1) is 17.8. The summed E-state index contributed by atoms with van der Waals surface area (Å²) in [5.41, 5.74) is 0.735. The van der Waals surface area contributed by atoms with Crippen LogP contribution in [-0.4, -0.2) is 37.7 Å². The molecule has 0 fully saturated rings. The minimum Gasteiger partial charge on any atom is -0.457 e. The van der Waals surface area contributed by atoms with Gasteiger partial charge in [-0.05, 0) is 42.8 Å². The van der Waals surface area contributed by atoms with Crippen LogP contribution in [0.3, 0.4) is 0 Å². The second kappa shape index (κ2) is 9.57. The summed E-state index contributed by atoms with van der Waals surface area (Å²) >= 11 is 0. The van der Waals surface area contributed by atoms with E-state index < -0.39 is 0 Å². The fourth-order valence-electron chi connectivity index (χ4n) is 2.22. The zero-order chi connectivity index (χ0) is 17.2. The molecule has 0 bridgehead atoms. The predicted molar refractivity (Wildman–Crippen MR) is 95.7 cm³/mol. The molecular weight excluding hydrogens is 304 g/mol. The molecule has 5 heteroatoms. The second-order valence-electron chi connectivity index (χ2n) is 5.35. The van der Waals surface area contributed by atoms with Crippen LogP contribution >= 0.6 is 0 Å². The van der Waals surface area contributed by atoms with Crippen LogP contribution in [0.1, 0.15) is 13.3 Å². The molecule has 1 N–H and O–H groups in total. The van der Waals surface area contributed by atoms with Gasteiger partial charge in [0.2, 0.25) is 0 Å². The van der Waals surface area contributed by atoms with Gasteiger partial charge >= 0.3 is 6.03 Å². The number of carbonyl (C=O) groups is 1. The van der Waals surface area contributed by atoms with Gasteiger partial charge in [0.05, 0.1) is 6.61 Å². The number of rotatable bonds is 8. The number of nitrogens with one attached hydrogen (secondary N) is 1. The van der Waals surface area contributed by atoms with E-state index in [-0.39, 0.29) is 6.03 Å². The molecule has 0 aliphatic heterocycles. The molecule has 2 rings (SSSR count). The number of nitrogens with zero attached hydrogens (tertiary/aromatic N) is 1. The lowest BCUT2D eigenvalue weighted by molar-refractivity contribution is 0.155. The number of carbonyl (C=O) groups excluding carboxylic acids is 1. The molecule has 24 heavy (non-hydrogen) atoms.